The molecule has 1 heterocycles. The first-order chi connectivity index (χ1) is 9.65. The Morgan fingerprint density at radius 3 is 2.65 bits per heavy atom. The highest BCUT2D eigenvalue weighted by Crippen LogP contribution is 2.30. The first kappa shape index (κ1) is 15.4. The fourth-order valence-electron chi connectivity index (χ4n) is 2.32. The molecule has 20 heavy (non-hydrogen) atoms. The molecule has 1 aromatic carbocycles. The van der Waals surface area contributed by atoms with Crippen LogP contribution < -0.4 is 4.74 Å². The van der Waals surface area contributed by atoms with E-state index in [4.69, 9.17) is 17.0 Å². The Morgan fingerprint density at radius 2 is 2.05 bits per heavy atom. The number of phenols is 1. The van der Waals surface area contributed by atoms with Gasteiger partial charge in [-0.3, -0.25) is 4.90 Å². The number of hydrogen-bond acceptors (Lipinski definition) is 5. The summed E-state index contributed by atoms with van der Waals surface area (Å²) in [5.41, 5.74) is 0.908. The van der Waals surface area contributed by atoms with E-state index in [9.17, 15) is 5.11 Å². The Morgan fingerprint density at radius 1 is 1.35 bits per heavy atom. The summed E-state index contributed by atoms with van der Waals surface area (Å²) in [5.74, 6) is 0.779. The molecule has 0 spiro atoms. The minimum absolute atomic E-state index is 0.247. The van der Waals surface area contributed by atoms with E-state index in [2.05, 4.69) is 9.80 Å². The molecule has 1 fully saturated rings. The maximum Gasteiger partial charge on any atom is 0.162 e. The van der Waals surface area contributed by atoms with Gasteiger partial charge < -0.3 is 14.7 Å². The van der Waals surface area contributed by atoms with Gasteiger partial charge in [-0.2, -0.15) is 0 Å². The number of thioether (sulfide) groups is 1. The van der Waals surface area contributed by atoms with Gasteiger partial charge in [0.1, 0.15) is 4.32 Å². The summed E-state index contributed by atoms with van der Waals surface area (Å²) < 4.78 is 6.11. The second kappa shape index (κ2) is 7.15. The summed E-state index contributed by atoms with van der Waals surface area (Å²) >= 11 is 6.94. The van der Waals surface area contributed by atoms with Crippen molar-refractivity contribution >= 4 is 28.3 Å². The Kier molecular flexibility index (Phi) is 5.51. The molecule has 0 bridgehead atoms. The van der Waals surface area contributed by atoms with Crippen LogP contribution in [-0.4, -0.2) is 58.8 Å². The molecule has 1 N–H and O–H groups in total. The van der Waals surface area contributed by atoms with Crippen LogP contribution >= 0.6 is 24.0 Å². The molecule has 0 aromatic heterocycles. The van der Waals surface area contributed by atoms with E-state index >= 15 is 0 Å². The van der Waals surface area contributed by atoms with Crippen LogP contribution in [0.3, 0.4) is 0 Å². The second-order valence-corrected chi connectivity index (χ2v) is 6.14. The van der Waals surface area contributed by atoms with E-state index < -0.39 is 0 Å². The number of ether oxygens (including phenoxy) is 1. The van der Waals surface area contributed by atoms with Crippen molar-refractivity contribution in [3.05, 3.63) is 23.8 Å². The lowest BCUT2D eigenvalue weighted by Gasteiger charge is -2.35. The highest BCUT2D eigenvalue weighted by Gasteiger charge is 2.19. The predicted octanol–water partition coefficient (Wildman–Crippen LogP) is 2.17. The summed E-state index contributed by atoms with van der Waals surface area (Å²) in [7, 11) is 1.57. The van der Waals surface area contributed by atoms with Crippen molar-refractivity contribution in [3.63, 3.8) is 0 Å². The zero-order valence-electron chi connectivity index (χ0n) is 11.8. The lowest BCUT2D eigenvalue weighted by Crippen LogP contribution is -2.47. The Bertz CT molecular complexity index is 474. The van der Waals surface area contributed by atoms with Crippen LogP contribution in [0.2, 0.25) is 0 Å². The topological polar surface area (TPSA) is 35.9 Å². The maximum absolute atomic E-state index is 10.1. The van der Waals surface area contributed by atoms with E-state index in [1.54, 1.807) is 24.9 Å². The lowest BCUT2D eigenvalue weighted by atomic mass is 10.1. The van der Waals surface area contributed by atoms with Crippen LogP contribution in [0.25, 0.3) is 0 Å². The molecule has 2 rings (SSSR count). The molecular weight excluding hydrogens is 292 g/mol. The summed E-state index contributed by atoms with van der Waals surface area (Å²) in [4.78, 5) is 4.57. The van der Waals surface area contributed by atoms with Crippen molar-refractivity contribution in [3.8, 4) is 11.5 Å². The maximum atomic E-state index is 10.1. The quantitative estimate of drug-likeness (QED) is 0.862. The van der Waals surface area contributed by atoms with Crippen LogP contribution in [0.15, 0.2) is 18.2 Å². The third-order valence-corrected chi connectivity index (χ3v) is 4.87. The van der Waals surface area contributed by atoms with Gasteiger partial charge in [-0.25, -0.2) is 0 Å². The molecule has 0 unspecified atom stereocenters. The number of thiocarbonyl (C=S) groups is 1. The number of aromatic hydroxyl groups is 1. The lowest BCUT2D eigenvalue weighted by molar-refractivity contribution is 0.177. The number of piperazine rings is 1. The van der Waals surface area contributed by atoms with Crippen LogP contribution in [0.5, 0.6) is 11.5 Å². The zero-order chi connectivity index (χ0) is 14.5. The molecule has 1 aliphatic rings. The summed E-state index contributed by atoms with van der Waals surface area (Å²) in [5, 5.41) is 10.1. The second-order valence-electron chi connectivity index (χ2n) is 4.70. The van der Waals surface area contributed by atoms with Gasteiger partial charge in [-0.15, -0.1) is 11.8 Å². The number of para-hydroxylation sites is 1. The first-order valence-electron chi connectivity index (χ1n) is 6.55. The fraction of sp³-hybridized carbons (Fsp3) is 0.500. The van der Waals surface area contributed by atoms with Gasteiger partial charge in [-0.05, 0) is 12.3 Å². The molecule has 4 nitrogen and oxygen atoms in total. The van der Waals surface area contributed by atoms with E-state index in [0.29, 0.717) is 5.75 Å². The monoisotopic (exact) mass is 312 g/mol. The first-order valence-corrected chi connectivity index (χ1v) is 8.19. The minimum Gasteiger partial charge on any atom is -0.504 e. The average molecular weight is 312 g/mol. The molecule has 1 aromatic rings. The Balaban J connectivity index is 1.94. The summed E-state index contributed by atoms with van der Waals surface area (Å²) in [6.07, 6.45) is 2.02. The van der Waals surface area contributed by atoms with Crippen LogP contribution in [0.4, 0.5) is 0 Å². The van der Waals surface area contributed by atoms with Gasteiger partial charge in [0.25, 0.3) is 0 Å². The molecule has 0 aliphatic carbocycles. The minimum atomic E-state index is 0.247. The fourth-order valence-corrected chi connectivity index (χ4v) is 2.94. The third kappa shape index (κ3) is 3.56. The largest absolute Gasteiger partial charge is 0.504 e. The van der Waals surface area contributed by atoms with Gasteiger partial charge in [0, 0.05) is 38.3 Å². The number of nitrogens with zero attached hydrogens (tertiary/aromatic N) is 2. The molecule has 6 heteroatoms. The highest BCUT2D eigenvalue weighted by molar-refractivity contribution is 8.22. The molecule has 0 atom stereocenters. The molecule has 110 valence electrons. The SMILES string of the molecule is COc1cccc(CN2CCN(C(=S)SC)CC2)c1O. The highest BCUT2D eigenvalue weighted by atomic mass is 32.2. The van der Waals surface area contributed by atoms with Gasteiger partial charge in [-0.1, -0.05) is 24.4 Å². The van der Waals surface area contributed by atoms with Gasteiger partial charge in [0.2, 0.25) is 0 Å². The van der Waals surface area contributed by atoms with E-state index in [1.165, 1.54) is 0 Å². The van der Waals surface area contributed by atoms with Crippen molar-refractivity contribution in [1.82, 2.24) is 9.80 Å². The predicted molar refractivity (Wildman–Crippen MR) is 87.6 cm³/mol. The molecule has 1 aliphatic heterocycles. The number of phenolic OH excluding ortho intramolecular Hbond substituents is 1. The number of benzene rings is 1. The van der Waals surface area contributed by atoms with E-state index in [0.717, 1.165) is 42.6 Å². The number of rotatable bonds is 3. The van der Waals surface area contributed by atoms with Gasteiger partial charge in [0.05, 0.1) is 7.11 Å². The zero-order valence-corrected chi connectivity index (χ0v) is 13.5. The van der Waals surface area contributed by atoms with Crippen molar-refractivity contribution in [1.29, 1.82) is 0 Å². The van der Waals surface area contributed by atoms with E-state index in [1.807, 2.05) is 18.4 Å². The van der Waals surface area contributed by atoms with Crippen LogP contribution in [0, 0.1) is 0 Å². The van der Waals surface area contributed by atoms with Crippen LogP contribution in [-0.2, 0) is 6.54 Å². The summed E-state index contributed by atoms with van der Waals surface area (Å²) in [6.45, 7) is 4.55. The van der Waals surface area contributed by atoms with E-state index in [-0.39, 0.29) is 5.75 Å². The van der Waals surface area contributed by atoms with Crippen molar-refractivity contribution < 1.29 is 9.84 Å². The molecular formula is C14H20N2O2S2. The van der Waals surface area contributed by atoms with Gasteiger partial charge in [0.15, 0.2) is 11.5 Å². The van der Waals surface area contributed by atoms with Crippen molar-refractivity contribution in [2.75, 3.05) is 39.5 Å². The van der Waals surface area contributed by atoms with Crippen molar-refractivity contribution in [2.24, 2.45) is 0 Å². The standard InChI is InChI=1S/C14H20N2O2S2/c1-18-12-5-3-4-11(13(12)17)10-15-6-8-16(9-7-15)14(19)20-2/h3-5,17H,6-10H2,1-2H3. The number of hydrogen-bond donors (Lipinski definition) is 1. The molecule has 0 saturated carbocycles. The Labute approximate surface area is 129 Å². The third-order valence-electron chi connectivity index (χ3n) is 3.50. The summed E-state index contributed by atoms with van der Waals surface area (Å²) in [6, 6.07) is 5.62. The average Bonchev–Trinajstić information content (AvgIpc) is 2.49. The van der Waals surface area contributed by atoms with Crippen molar-refractivity contribution in [2.45, 2.75) is 6.54 Å². The number of methoxy groups -OCH3 is 1. The molecule has 0 radical (unpaired) electrons. The molecule has 1 saturated heterocycles. The molecule has 0 amide bonds. The Hall–Kier alpha value is -0.980. The normalized spacial score (nSPS) is 16.2. The smallest absolute Gasteiger partial charge is 0.162 e. The van der Waals surface area contributed by atoms with Crippen LogP contribution in [0.1, 0.15) is 5.56 Å². The van der Waals surface area contributed by atoms with Gasteiger partial charge >= 0.3 is 0 Å².